The molecule has 0 amide bonds. The number of hydrogen-bond donors (Lipinski definition) is 1. The zero-order valence-corrected chi connectivity index (χ0v) is 10.9. The third-order valence-electron chi connectivity index (χ3n) is 3.44. The van der Waals surface area contributed by atoms with Crippen LogP contribution in [0.25, 0.3) is 11.4 Å². The van der Waals surface area contributed by atoms with Crippen LogP contribution in [0.5, 0.6) is 0 Å². The minimum Gasteiger partial charge on any atom is -0.339 e. The second-order valence-electron chi connectivity index (χ2n) is 4.86. The van der Waals surface area contributed by atoms with E-state index in [0.717, 1.165) is 19.3 Å². The normalized spacial score (nSPS) is 22.9. The fourth-order valence-corrected chi connectivity index (χ4v) is 2.57. The van der Waals surface area contributed by atoms with E-state index >= 15 is 0 Å². The smallest absolute Gasteiger partial charge is 0.230 e. The molecule has 0 radical (unpaired) electrons. The summed E-state index contributed by atoms with van der Waals surface area (Å²) >= 11 is 5.74. The summed E-state index contributed by atoms with van der Waals surface area (Å²) in [4.78, 5) is 4.35. The molecule has 6 heteroatoms. The van der Waals surface area contributed by atoms with Crippen LogP contribution in [0.4, 0.5) is 4.39 Å². The highest BCUT2D eigenvalue weighted by molar-refractivity contribution is 6.31. The molecule has 2 N–H and O–H groups in total. The number of hydrogen-bond acceptors (Lipinski definition) is 4. The molecule has 1 saturated carbocycles. The summed E-state index contributed by atoms with van der Waals surface area (Å²) in [6.07, 6.45) is 2.81. The molecular weight excluding hydrogens is 269 g/mol. The molecule has 100 valence electrons. The first-order valence-electron chi connectivity index (χ1n) is 6.18. The van der Waals surface area contributed by atoms with E-state index in [0.29, 0.717) is 17.3 Å². The van der Waals surface area contributed by atoms with Crippen molar-refractivity contribution in [1.82, 2.24) is 10.1 Å². The Morgan fingerprint density at radius 2 is 2.21 bits per heavy atom. The highest BCUT2D eigenvalue weighted by atomic mass is 35.5. The molecule has 1 aromatic carbocycles. The van der Waals surface area contributed by atoms with Crippen LogP contribution >= 0.6 is 11.6 Å². The summed E-state index contributed by atoms with van der Waals surface area (Å²) in [6, 6.07) is 4.57. The van der Waals surface area contributed by atoms with Crippen molar-refractivity contribution in [1.29, 1.82) is 0 Å². The van der Waals surface area contributed by atoms with Gasteiger partial charge in [-0.3, -0.25) is 0 Å². The van der Waals surface area contributed by atoms with Crippen LogP contribution in [0, 0.1) is 5.82 Å². The van der Waals surface area contributed by atoms with Gasteiger partial charge >= 0.3 is 0 Å². The SMILES string of the molecule is NC1CCC(c2nc(-c3ccc(F)c(Cl)c3)no2)C1. The van der Waals surface area contributed by atoms with Gasteiger partial charge in [0.15, 0.2) is 0 Å². The fraction of sp³-hybridized carbons (Fsp3) is 0.385. The Kier molecular flexibility index (Phi) is 3.24. The van der Waals surface area contributed by atoms with Crippen molar-refractivity contribution in [2.24, 2.45) is 5.73 Å². The van der Waals surface area contributed by atoms with Crippen LogP contribution in [0.1, 0.15) is 31.1 Å². The third kappa shape index (κ3) is 2.48. The lowest BCUT2D eigenvalue weighted by Crippen LogP contribution is -2.14. The lowest BCUT2D eigenvalue weighted by atomic mass is 10.1. The van der Waals surface area contributed by atoms with Crippen molar-refractivity contribution in [2.75, 3.05) is 0 Å². The summed E-state index contributed by atoms with van der Waals surface area (Å²) in [5.41, 5.74) is 6.51. The van der Waals surface area contributed by atoms with Gasteiger partial charge in [0.05, 0.1) is 5.02 Å². The van der Waals surface area contributed by atoms with E-state index in [1.54, 1.807) is 6.07 Å². The Hall–Kier alpha value is -1.46. The van der Waals surface area contributed by atoms with Gasteiger partial charge in [-0.05, 0) is 37.5 Å². The molecule has 19 heavy (non-hydrogen) atoms. The van der Waals surface area contributed by atoms with E-state index in [2.05, 4.69) is 10.1 Å². The highest BCUT2D eigenvalue weighted by Crippen LogP contribution is 2.33. The lowest BCUT2D eigenvalue weighted by molar-refractivity contribution is 0.353. The fourth-order valence-electron chi connectivity index (χ4n) is 2.39. The van der Waals surface area contributed by atoms with E-state index in [-0.39, 0.29) is 17.0 Å². The van der Waals surface area contributed by atoms with Gasteiger partial charge in [0.1, 0.15) is 5.82 Å². The lowest BCUT2D eigenvalue weighted by Gasteiger charge is -2.01. The second kappa shape index (κ2) is 4.90. The van der Waals surface area contributed by atoms with E-state index in [9.17, 15) is 4.39 Å². The molecule has 1 aliphatic rings. The van der Waals surface area contributed by atoms with Crippen molar-refractivity contribution in [3.8, 4) is 11.4 Å². The first-order chi connectivity index (χ1) is 9.13. The number of halogens is 2. The summed E-state index contributed by atoms with van der Waals surface area (Å²) in [7, 11) is 0. The molecule has 1 aliphatic carbocycles. The summed E-state index contributed by atoms with van der Waals surface area (Å²) < 4.78 is 18.4. The van der Waals surface area contributed by atoms with Crippen LogP contribution in [-0.4, -0.2) is 16.2 Å². The summed E-state index contributed by atoms with van der Waals surface area (Å²) in [5.74, 6) is 0.795. The zero-order valence-electron chi connectivity index (χ0n) is 10.1. The van der Waals surface area contributed by atoms with Gasteiger partial charge in [-0.25, -0.2) is 4.39 Å². The molecule has 4 nitrogen and oxygen atoms in total. The Labute approximate surface area is 114 Å². The summed E-state index contributed by atoms with van der Waals surface area (Å²) in [5, 5.41) is 3.97. The molecule has 0 aliphatic heterocycles. The Morgan fingerprint density at radius 1 is 1.37 bits per heavy atom. The van der Waals surface area contributed by atoms with E-state index < -0.39 is 5.82 Å². The summed E-state index contributed by atoms with van der Waals surface area (Å²) in [6.45, 7) is 0. The van der Waals surface area contributed by atoms with E-state index in [4.69, 9.17) is 21.9 Å². The van der Waals surface area contributed by atoms with Crippen LogP contribution in [0.2, 0.25) is 5.02 Å². The van der Waals surface area contributed by atoms with Gasteiger partial charge in [-0.2, -0.15) is 4.98 Å². The third-order valence-corrected chi connectivity index (χ3v) is 3.73. The number of rotatable bonds is 2. The second-order valence-corrected chi connectivity index (χ2v) is 5.26. The highest BCUT2D eigenvalue weighted by Gasteiger charge is 2.28. The van der Waals surface area contributed by atoms with Crippen LogP contribution in [0.15, 0.2) is 22.7 Å². The van der Waals surface area contributed by atoms with Crippen molar-refractivity contribution in [3.05, 3.63) is 34.9 Å². The zero-order chi connectivity index (χ0) is 13.4. The maximum atomic E-state index is 13.1. The minimum absolute atomic E-state index is 0.0479. The Morgan fingerprint density at radius 3 is 2.89 bits per heavy atom. The molecule has 1 aromatic heterocycles. The number of nitrogens with zero attached hydrogens (tertiary/aromatic N) is 2. The molecule has 2 unspecified atom stereocenters. The Balaban J connectivity index is 1.86. The van der Waals surface area contributed by atoms with E-state index in [1.807, 2.05) is 0 Å². The van der Waals surface area contributed by atoms with Crippen LogP contribution in [0.3, 0.4) is 0 Å². The molecule has 0 spiro atoms. The van der Waals surface area contributed by atoms with Crippen molar-refractivity contribution in [2.45, 2.75) is 31.2 Å². The molecule has 3 rings (SSSR count). The minimum atomic E-state index is -0.462. The predicted octanol–water partition coefficient (Wildman–Crippen LogP) is 3.12. The maximum Gasteiger partial charge on any atom is 0.230 e. The van der Waals surface area contributed by atoms with Gasteiger partial charge in [0, 0.05) is 17.5 Å². The Bertz CT molecular complexity index is 601. The molecule has 0 saturated heterocycles. The quantitative estimate of drug-likeness (QED) is 0.918. The van der Waals surface area contributed by atoms with Crippen molar-refractivity contribution in [3.63, 3.8) is 0 Å². The molecule has 1 heterocycles. The molecular formula is C13H13ClFN3O. The average Bonchev–Trinajstić information content (AvgIpc) is 3.01. The van der Waals surface area contributed by atoms with Crippen LogP contribution in [-0.2, 0) is 0 Å². The molecule has 2 atom stereocenters. The standard InChI is InChI=1S/C13H13ClFN3O/c14-10-6-7(2-4-11(10)15)12-17-13(19-18-12)8-1-3-9(16)5-8/h2,4,6,8-9H,1,3,5,16H2. The van der Waals surface area contributed by atoms with Crippen LogP contribution < -0.4 is 5.73 Å². The predicted molar refractivity (Wildman–Crippen MR) is 69.3 cm³/mol. The average molecular weight is 282 g/mol. The van der Waals surface area contributed by atoms with Gasteiger partial charge < -0.3 is 10.3 Å². The first-order valence-corrected chi connectivity index (χ1v) is 6.56. The van der Waals surface area contributed by atoms with Crippen molar-refractivity contribution < 1.29 is 8.91 Å². The monoisotopic (exact) mass is 281 g/mol. The van der Waals surface area contributed by atoms with Gasteiger partial charge in [-0.15, -0.1) is 0 Å². The number of aromatic nitrogens is 2. The van der Waals surface area contributed by atoms with Crippen molar-refractivity contribution >= 4 is 11.6 Å². The molecule has 0 bridgehead atoms. The largest absolute Gasteiger partial charge is 0.339 e. The van der Waals surface area contributed by atoms with E-state index in [1.165, 1.54) is 12.1 Å². The topological polar surface area (TPSA) is 64.9 Å². The molecule has 1 fully saturated rings. The maximum absolute atomic E-state index is 13.1. The van der Waals surface area contributed by atoms with Gasteiger partial charge in [0.2, 0.25) is 11.7 Å². The molecule has 2 aromatic rings. The van der Waals surface area contributed by atoms with Gasteiger partial charge in [-0.1, -0.05) is 16.8 Å². The first kappa shape index (κ1) is 12.6. The van der Waals surface area contributed by atoms with Gasteiger partial charge in [0.25, 0.3) is 0 Å². The number of benzene rings is 1. The number of nitrogens with two attached hydrogens (primary N) is 1.